The maximum Gasteiger partial charge on any atom is 0.231 e. The lowest BCUT2D eigenvalue weighted by Crippen LogP contribution is -2.36. The molecule has 1 saturated heterocycles. The molecule has 0 saturated carbocycles. The highest BCUT2D eigenvalue weighted by molar-refractivity contribution is 6.06. The van der Waals surface area contributed by atoms with Crippen molar-refractivity contribution in [1.29, 1.82) is 0 Å². The lowest BCUT2D eigenvalue weighted by molar-refractivity contribution is -0.133. The Morgan fingerprint density at radius 1 is 1.03 bits per heavy atom. The molecule has 1 fully saturated rings. The van der Waals surface area contributed by atoms with E-state index in [0.717, 1.165) is 49.7 Å². The molecular weight excluding hydrogens is 380 g/mol. The second-order valence-electron chi connectivity index (χ2n) is 8.21. The van der Waals surface area contributed by atoms with Gasteiger partial charge in [0.15, 0.2) is 5.78 Å². The molecule has 3 aliphatic rings. The third-order valence-corrected chi connectivity index (χ3v) is 6.25. The quantitative estimate of drug-likeness (QED) is 0.784. The zero-order chi connectivity index (χ0) is 20.5. The standard InChI is InChI=1S/C24H26N2O4/c27-22-14-21(19-3-1-2-4-20(19)22)24(28)26-9-12-30-23-6-5-17(13-18(23)16-26)15-25-7-10-29-11-8-25/h1-6,13,21H,7-12,14-16H2. The number of carbonyl (C=O) groups is 2. The zero-order valence-corrected chi connectivity index (χ0v) is 17.0. The van der Waals surface area contributed by atoms with Crippen LogP contribution in [-0.2, 0) is 22.6 Å². The summed E-state index contributed by atoms with van der Waals surface area (Å²) in [7, 11) is 0. The Balaban J connectivity index is 1.35. The highest BCUT2D eigenvalue weighted by atomic mass is 16.5. The first-order valence-electron chi connectivity index (χ1n) is 10.6. The van der Waals surface area contributed by atoms with Gasteiger partial charge in [0.25, 0.3) is 0 Å². The Hall–Kier alpha value is -2.70. The lowest BCUT2D eigenvalue weighted by Gasteiger charge is -2.27. The minimum absolute atomic E-state index is 0.0170. The molecule has 0 radical (unpaired) electrons. The van der Waals surface area contributed by atoms with Gasteiger partial charge in [0.2, 0.25) is 5.91 Å². The number of hydrogen-bond acceptors (Lipinski definition) is 5. The zero-order valence-electron chi connectivity index (χ0n) is 17.0. The Labute approximate surface area is 176 Å². The maximum absolute atomic E-state index is 13.4. The van der Waals surface area contributed by atoms with E-state index < -0.39 is 0 Å². The predicted octanol–water partition coefficient (Wildman–Crippen LogP) is 2.61. The van der Waals surface area contributed by atoms with Crippen molar-refractivity contribution < 1.29 is 19.1 Å². The fourth-order valence-corrected chi connectivity index (χ4v) is 4.65. The molecule has 6 heteroatoms. The number of Topliss-reactive ketones (excluding diaryl/α,β-unsaturated/α-hetero) is 1. The summed E-state index contributed by atoms with van der Waals surface area (Å²) in [4.78, 5) is 30.0. The van der Waals surface area contributed by atoms with E-state index in [1.165, 1.54) is 5.56 Å². The van der Waals surface area contributed by atoms with Gasteiger partial charge in [-0.25, -0.2) is 0 Å². The molecule has 30 heavy (non-hydrogen) atoms. The van der Waals surface area contributed by atoms with Gasteiger partial charge in [-0.3, -0.25) is 14.5 Å². The van der Waals surface area contributed by atoms with Crippen LogP contribution < -0.4 is 4.74 Å². The van der Waals surface area contributed by atoms with Gasteiger partial charge in [-0.05, 0) is 23.3 Å². The average molecular weight is 406 g/mol. The molecule has 1 aliphatic carbocycles. The number of carbonyl (C=O) groups excluding carboxylic acids is 2. The van der Waals surface area contributed by atoms with E-state index in [1.54, 1.807) is 0 Å². The topological polar surface area (TPSA) is 59.1 Å². The summed E-state index contributed by atoms with van der Waals surface area (Å²) in [5.41, 5.74) is 3.80. The molecule has 0 spiro atoms. The third-order valence-electron chi connectivity index (χ3n) is 6.25. The summed E-state index contributed by atoms with van der Waals surface area (Å²) in [6.07, 6.45) is 0.263. The van der Waals surface area contributed by atoms with Crippen molar-refractivity contribution >= 4 is 11.7 Å². The van der Waals surface area contributed by atoms with Crippen molar-refractivity contribution in [2.24, 2.45) is 0 Å². The number of morpholine rings is 1. The molecule has 5 rings (SSSR count). The van der Waals surface area contributed by atoms with Crippen LogP contribution in [0.15, 0.2) is 42.5 Å². The van der Waals surface area contributed by atoms with Crippen molar-refractivity contribution in [3.05, 3.63) is 64.7 Å². The fraction of sp³-hybridized carbons (Fsp3) is 0.417. The van der Waals surface area contributed by atoms with Crippen LogP contribution in [0.2, 0.25) is 0 Å². The van der Waals surface area contributed by atoms with Crippen molar-refractivity contribution in [3.63, 3.8) is 0 Å². The Kier molecular flexibility index (Phi) is 5.27. The van der Waals surface area contributed by atoms with E-state index in [4.69, 9.17) is 9.47 Å². The molecule has 2 aromatic rings. The third kappa shape index (κ3) is 3.73. The number of ketones is 1. The number of rotatable bonds is 3. The minimum Gasteiger partial charge on any atom is -0.491 e. The maximum atomic E-state index is 13.4. The van der Waals surface area contributed by atoms with Crippen molar-refractivity contribution in [2.45, 2.75) is 25.4 Å². The second-order valence-corrected chi connectivity index (χ2v) is 8.21. The Morgan fingerprint density at radius 3 is 2.73 bits per heavy atom. The SMILES string of the molecule is O=C1CC(C(=O)N2CCOc3ccc(CN4CCOCC4)cc3C2)c2ccccc21. The van der Waals surface area contributed by atoms with Crippen LogP contribution >= 0.6 is 0 Å². The summed E-state index contributed by atoms with van der Waals surface area (Å²) in [5, 5.41) is 0. The number of ether oxygens (including phenoxy) is 2. The smallest absolute Gasteiger partial charge is 0.231 e. The molecule has 0 aromatic heterocycles. The van der Waals surface area contributed by atoms with Crippen LogP contribution in [-0.4, -0.2) is 60.9 Å². The monoisotopic (exact) mass is 406 g/mol. The molecule has 2 heterocycles. The first kappa shape index (κ1) is 19.3. The molecule has 2 aliphatic heterocycles. The van der Waals surface area contributed by atoms with Crippen LogP contribution in [0.4, 0.5) is 0 Å². The number of fused-ring (bicyclic) bond motifs is 2. The molecule has 2 aromatic carbocycles. The van der Waals surface area contributed by atoms with Gasteiger partial charge in [-0.1, -0.05) is 30.3 Å². The van der Waals surface area contributed by atoms with Crippen LogP contribution in [0.5, 0.6) is 5.75 Å². The number of amides is 1. The Bertz CT molecular complexity index is 967. The molecule has 6 nitrogen and oxygen atoms in total. The van der Waals surface area contributed by atoms with E-state index in [1.807, 2.05) is 35.2 Å². The summed E-state index contributed by atoms with van der Waals surface area (Å²) < 4.78 is 11.4. The van der Waals surface area contributed by atoms with E-state index in [-0.39, 0.29) is 24.0 Å². The van der Waals surface area contributed by atoms with Crippen LogP contribution in [0.1, 0.15) is 39.4 Å². The van der Waals surface area contributed by atoms with Crippen molar-refractivity contribution in [1.82, 2.24) is 9.80 Å². The van der Waals surface area contributed by atoms with Gasteiger partial charge in [0, 0.05) is 43.7 Å². The molecule has 156 valence electrons. The van der Waals surface area contributed by atoms with Crippen LogP contribution in [0.25, 0.3) is 0 Å². The molecule has 0 bridgehead atoms. The van der Waals surface area contributed by atoms with Crippen LogP contribution in [0.3, 0.4) is 0 Å². The molecular formula is C24H26N2O4. The van der Waals surface area contributed by atoms with Gasteiger partial charge in [0.1, 0.15) is 12.4 Å². The van der Waals surface area contributed by atoms with Gasteiger partial charge >= 0.3 is 0 Å². The first-order valence-corrected chi connectivity index (χ1v) is 10.6. The van der Waals surface area contributed by atoms with Crippen molar-refractivity contribution in [3.8, 4) is 5.75 Å². The van der Waals surface area contributed by atoms with Gasteiger partial charge in [-0.15, -0.1) is 0 Å². The summed E-state index contributed by atoms with van der Waals surface area (Å²) in [6.45, 7) is 5.80. The first-order chi connectivity index (χ1) is 14.7. The second kappa shape index (κ2) is 8.20. The van der Waals surface area contributed by atoms with E-state index in [0.29, 0.717) is 25.3 Å². The van der Waals surface area contributed by atoms with Gasteiger partial charge in [0.05, 0.1) is 25.7 Å². The minimum atomic E-state index is -0.383. The summed E-state index contributed by atoms with van der Waals surface area (Å²) >= 11 is 0. The number of nitrogens with zero attached hydrogens (tertiary/aromatic N) is 2. The largest absolute Gasteiger partial charge is 0.491 e. The fourth-order valence-electron chi connectivity index (χ4n) is 4.65. The molecule has 0 N–H and O–H groups in total. The molecule has 1 amide bonds. The van der Waals surface area contributed by atoms with E-state index in [2.05, 4.69) is 17.0 Å². The number of hydrogen-bond donors (Lipinski definition) is 0. The number of benzene rings is 2. The lowest BCUT2D eigenvalue weighted by atomic mass is 9.99. The highest BCUT2D eigenvalue weighted by Crippen LogP contribution is 2.35. The van der Waals surface area contributed by atoms with E-state index >= 15 is 0 Å². The van der Waals surface area contributed by atoms with Crippen LogP contribution in [0, 0.1) is 0 Å². The summed E-state index contributed by atoms with van der Waals surface area (Å²) in [5.74, 6) is 0.539. The Morgan fingerprint density at radius 2 is 1.87 bits per heavy atom. The molecule has 1 atom stereocenters. The predicted molar refractivity (Wildman–Crippen MR) is 112 cm³/mol. The average Bonchev–Trinajstić information content (AvgIpc) is 2.97. The normalized spacial score (nSPS) is 21.5. The van der Waals surface area contributed by atoms with Gasteiger partial charge in [-0.2, -0.15) is 0 Å². The molecule has 1 unspecified atom stereocenters. The summed E-state index contributed by atoms with van der Waals surface area (Å²) in [6, 6.07) is 13.8. The van der Waals surface area contributed by atoms with Gasteiger partial charge < -0.3 is 14.4 Å². The van der Waals surface area contributed by atoms with E-state index in [9.17, 15) is 9.59 Å². The van der Waals surface area contributed by atoms with Crippen molar-refractivity contribution in [2.75, 3.05) is 39.5 Å². The highest BCUT2D eigenvalue weighted by Gasteiger charge is 2.36.